The number of imide groups is 1. The van der Waals surface area contributed by atoms with Crippen LogP contribution in [0.3, 0.4) is 0 Å². The van der Waals surface area contributed by atoms with Gasteiger partial charge in [-0.05, 0) is 34.4 Å². The van der Waals surface area contributed by atoms with Crippen molar-refractivity contribution in [2.45, 2.75) is 18.3 Å². The van der Waals surface area contributed by atoms with Crippen molar-refractivity contribution in [3.63, 3.8) is 0 Å². The highest BCUT2D eigenvalue weighted by Crippen LogP contribution is 2.63. The molecule has 3 aromatic rings. The third-order valence-electron chi connectivity index (χ3n) is 7.29. The minimum atomic E-state index is -0.633. The van der Waals surface area contributed by atoms with Gasteiger partial charge < -0.3 is 0 Å². The molecule has 0 spiro atoms. The smallest absolute Gasteiger partial charge is 0.270 e. The lowest BCUT2D eigenvalue weighted by Crippen LogP contribution is -2.52. The fraction of sp³-hybridized carbons (Fsp3) is 0.192. The highest BCUT2D eigenvalue weighted by molar-refractivity contribution is 6.10. The lowest BCUT2D eigenvalue weighted by Gasteiger charge is -2.52. The van der Waals surface area contributed by atoms with Gasteiger partial charge in [-0.1, -0.05) is 73.7 Å². The molecular weight excluding hydrogens is 388 g/mol. The van der Waals surface area contributed by atoms with Crippen LogP contribution in [0.4, 0.5) is 0 Å². The van der Waals surface area contributed by atoms with Gasteiger partial charge in [0.2, 0.25) is 0 Å². The van der Waals surface area contributed by atoms with E-state index in [1.165, 1.54) is 0 Å². The highest BCUT2D eigenvalue weighted by Gasteiger charge is 2.66. The molecule has 0 unspecified atom stereocenters. The number of nitrogens with one attached hydrogen (secondary N) is 1. The number of nitrogens with zero attached hydrogens (tertiary/aromatic N) is 1. The van der Waals surface area contributed by atoms with Gasteiger partial charge in [0.15, 0.2) is 0 Å². The summed E-state index contributed by atoms with van der Waals surface area (Å²) in [7, 11) is 0. The molecule has 0 aromatic heterocycles. The Balaban J connectivity index is 1.48. The van der Waals surface area contributed by atoms with Crippen LogP contribution in [0.5, 0.6) is 0 Å². The zero-order valence-electron chi connectivity index (χ0n) is 16.9. The van der Waals surface area contributed by atoms with Gasteiger partial charge in [-0.2, -0.15) is 5.01 Å². The van der Waals surface area contributed by atoms with Crippen molar-refractivity contribution >= 4 is 17.7 Å². The van der Waals surface area contributed by atoms with E-state index in [-0.39, 0.29) is 17.7 Å². The number of amides is 3. The van der Waals surface area contributed by atoms with Crippen LogP contribution in [0.2, 0.25) is 0 Å². The molecule has 5 nitrogen and oxygen atoms in total. The van der Waals surface area contributed by atoms with Crippen molar-refractivity contribution in [2.75, 3.05) is 0 Å². The average molecular weight is 408 g/mol. The molecule has 4 aliphatic rings. The van der Waals surface area contributed by atoms with E-state index in [0.29, 0.717) is 5.56 Å². The number of hydrazine groups is 1. The Morgan fingerprint density at radius 2 is 1.35 bits per heavy atom. The van der Waals surface area contributed by atoms with Gasteiger partial charge in [0, 0.05) is 16.9 Å². The van der Waals surface area contributed by atoms with E-state index in [4.69, 9.17) is 0 Å². The molecule has 1 aliphatic heterocycles. The van der Waals surface area contributed by atoms with E-state index < -0.39 is 23.2 Å². The van der Waals surface area contributed by atoms with Crippen LogP contribution in [-0.4, -0.2) is 22.7 Å². The van der Waals surface area contributed by atoms with Crippen molar-refractivity contribution in [1.29, 1.82) is 0 Å². The first-order valence-corrected chi connectivity index (χ1v) is 10.5. The van der Waals surface area contributed by atoms with E-state index in [2.05, 4.69) is 36.6 Å². The van der Waals surface area contributed by atoms with Gasteiger partial charge in [-0.15, -0.1) is 0 Å². The molecule has 1 fully saturated rings. The van der Waals surface area contributed by atoms with E-state index in [1.54, 1.807) is 24.3 Å². The first-order chi connectivity index (χ1) is 15.0. The number of rotatable bonds is 2. The molecule has 2 bridgehead atoms. The molecule has 0 radical (unpaired) electrons. The quantitative estimate of drug-likeness (QED) is 0.661. The molecule has 1 N–H and O–H groups in total. The Labute approximate surface area is 179 Å². The first-order valence-electron chi connectivity index (χ1n) is 10.5. The van der Waals surface area contributed by atoms with Gasteiger partial charge in [-0.25, -0.2) is 0 Å². The van der Waals surface area contributed by atoms with Gasteiger partial charge in [0.1, 0.15) is 0 Å². The Morgan fingerprint density at radius 3 is 1.97 bits per heavy atom. The van der Waals surface area contributed by atoms with E-state index >= 15 is 0 Å². The normalized spacial score (nSPS) is 27.5. The fourth-order valence-electron chi connectivity index (χ4n) is 6.02. The van der Waals surface area contributed by atoms with Crippen molar-refractivity contribution < 1.29 is 14.4 Å². The summed E-state index contributed by atoms with van der Waals surface area (Å²) in [6.45, 7) is 2.06. The highest BCUT2D eigenvalue weighted by atomic mass is 16.2. The van der Waals surface area contributed by atoms with Crippen molar-refractivity contribution in [1.82, 2.24) is 10.4 Å². The SMILES string of the molecule is CC12c3ccccc3C(c3ccccc31)[C@H]1C(=O)N(NC(=O)c3ccccc3)C(=O)[C@H]12. The molecule has 3 amide bonds. The second-order valence-electron chi connectivity index (χ2n) is 8.68. The minimum Gasteiger partial charge on any atom is -0.272 e. The molecule has 31 heavy (non-hydrogen) atoms. The van der Waals surface area contributed by atoms with Gasteiger partial charge in [-0.3, -0.25) is 19.8 Å². The second kappa shape index (κ2) is 6.14. The lowest BCUT2D eigenvalue weighted by molar-refractivity contribution is -0.143. The summed E-state index contributed by atoms with van der Waals surface area (Å²) in [5.74, 6) is -2.41. The van der Waals surface area contributed by atoms with Crippen LogP contribution in [-0.2, 0) is 15.0 Å². The zero-order chi connectivity index (χ0) is 21.3. The molecule has 3 aromatic carbocycles. The first kappa shape index (κ1) is 18.1. The van der Waals surface area contributed by atoms with Crippen molar-refractivity contribution in [3.05, 3.63) is 107 Å². The Bertz CT molecular complexity index is 1220. The molecule has 0 saturated carbocycles. The summed E-state index contributed by atoms with van der Waals surface area (Å²) in [6.07, 6.45) is 0. The number of carbonyl (C=O) groups is 3. The predicted octanol–water partition coefficient (Wildman–Crippen LogP) is 3.40. The van der Waals surface area contributed by atoms with E-state index in [9.17, 15) is 14.4 Å². The summed E-state index contributed by atoms with van der Waals surface area (Å²) >= 11 is 0. The van der Waals surface area contributed by atoms with Crippen LogP contribution in [0, 0.1) is 11.8 Å². The Morgan fingerprint density at radius 1 is 0.806 bits per heavy atom. The second-order valence-corrected chi connectivity index (χ2v) is 8.68. The zero-order valence-corrected chi connectivity index (χ0v) is 16.9. The predicted molar refractivity (Wildman–Crippen MR) is 114 cm³/mol. The maximum Gasteiger partial charge on any atom is 0.270 e. The molecule has 5 heteroatoms. The van der Waals surface area contributed by atoms with Crippen LogP contribution >= 0.6 is 0 Å². The third-order valence-corrected chi connectivity index (χ3v) is 7.29. The van der Waals surface area contributed by atoms with Crippen molar-refractivity contribution in [3.8, 4) is 0 Å². The maximum atomic E-state index is 13.6. The summed E-state index contributed by atoms with van der Waals surface area (Å²) in [6, 6.07) is 24.8. The number of hydrogen-bond acceptors (Lipinski definition) is 3. The van der Waals surface area contributed by atoms with E-state index in [1.807, 2.05) is 30.3 Å². The summed E-state index contributed by atoms with van der Waals surface area (Å²) in [5, 5.41) is 0.966. The number of hydrogen-bond donors (Lipinski definition) is 1. The topological polar surface area (TPSA) is 66.5 Å². The number of benzene rings is 3. The molecule has 1 heterocycles. The molecule has 1 saturated heterocycles. The molecule has 152 valence electrons. The van der Waals surface area contributed by atoms with Crippen LogP contribution in [0.1, 0.15) is 45.5 Å². The summed E-state index contributed by atoms with van der Waals surface area (Å²) < 4.78 is 0. The average Bonchev–Trinajstić information content (AvgIpc) is 3.06. The number of carbonyl (C=O) groups excluding carboxylic acids is 3. The van der Waals surface area contributed by atoms with Crippen LogP contribution < -0.4 is 5.43 Å². The molecular formula is C26H20N2O3. The Hall–Kier alpha value is -3.73. The molecule has 2 atom stereocenters. The van der Waals surface area contributed by atoms with Crippen molar-refractivity contribution in [2.24, 2.45) is 11.8 Å². The van der Waals surface area contributed by atoms with Crippen LogP contribution in [0.15, 0.2) is 78.9 Å². The summed E-state index contributed by atoms with van der Waals surface area (Å²) in [4.78, 5) is 39.9. The van der Waals surface area contributed by atoms with Gasteiger partial charge in [0.05, 0.1) is 11.8 Å². The largest absolute Gasteiger partial charge is 0.272 e. The van der Waals surface area contributed by atoms with E-state index in [0.717, 1.165) is 27.3 Å². The minimum absolute atomic E-state index is 0.200. The summed E-state index contributed by atoms with van der Waals surface area (Å²) in [5.41, 5.74) is 6.74. The standard InChI is InChI=1S/C26H20N2O3/c1-26-18-13-7-5-11-16(18)20(17-12-6-8-14-19(17)26)21-22(26)25(31)28(24(21)30)27-23(29)15-9-3-2-4-10-15/h2-14,20-22H,1H3,(H,27,29)/t20?,21-,22+,26?/m1/s1. The molecule has 7 rings (SSSR count). The van der Waals surface area contributed by atoms with Crippen LogP contribution in [0.25, 0.3) is 0 Å². The molecule has 3 aliphatic carbocycles. The lowest BCUT2D eigenvalue weighted by atomic mass is 9.48. The monoisotopic (exact) mass is 408 g/mol. The fourth-order valence-corrected chi connectivity index (χ4v) is 6.02. The van der Waals surface area contributed by atoms with Gasteiger partial charge >= 0.3 is 0 Å². The Kier molecular flexibility index (Phi) is 3.58. The third kappa shape index (κ3) is 2.18. The maximum absolute atomic E-state index is 13.6. The van der Waals surface area contributed by atoms with Gasteiger partial charge in [0.25, 0.3) is 17.7 Å².